The van der Waals surface area contributed by atoms with E-state index in [1.807, 2.05) is 14.1 Å². The number of hydrogen-bond acceptors (Lipinski definition) is 4. The van der Waals surface area contributed by atoms with E-state index in [-0.39, 0.29) is 0 Å². The quantitative estimate of drug-likeness (QED) is 0.645. The van der Waals surface area contributed by atoms with Crippen LogP contribution < -0.4 is 0 Å². The van der Waals surface area contributed by atoms with Crippen LogP contribution in [0.25, 0.3) is 0 Å². The van der Waals surface area contributed by atoms with E-state index in [1.54, 1.807) is 16.8 Å². The predicted molar refractivity (Wildman–Crippen MR) is 42.0 cm³/mol. The summed E-state index contributed by atoms with van der Waals surface area (Å²) in [5.74, 6) is 0. The van der Waals surface area contributed by atoms with Crippen LogP contribution in [0.1, 0.15) is 18.0 Å². The Hall–Kier alpha value is -0.480. The molecule has 0 bridgehead atoms. The fourth-order valence-corrected chi connectivity index (χ4v) is 1.29. The molecule has 0 spiro atoms. The van der Waals surface area contributed by atoms with Crippen LogP contribution in [0, 0.1) is 0 Å². The lowest BCUT2D eigenvalue weighted by Gasteiger charge is -2.15. The lowest BCUT2D eigenvalue weighted by molar-refractivity contribution is 0.319. The first-order valence-corrected chi connectivity index (χ1v) is 4.02. The van der Waals surface area contributed by atoms with E-state index in [1.165, 1.54) is 0 Å². The number of aromatic nitrogens is 2. The molecule has 10 heavy (non-hydrogen) atoms. The zero-order chi connectivity index (χ0) is 7.56. The van der Waals surface area contributed by atoms with Crippen molar-refractivity contribution in [1.29, 1.82) is 0 Å². The maximum absolute atomic E-state index is 3.96. The highest BCUT2D eigenvalue weighted by Gasteiger charge is 2.09. The van der Waals surface area contributed by atoms with Crippen molar-refractivity contribution in [3.05, 3.63) is 10.5 Å². The van der Waals surface area contributed by atoms with Crippen LogP contribution in [0.15, 0.2) is 5.51 Å². The summed E-state index contributed by atoms with van der Waals surface area (Å²) in [6, 6.07) is 0.382. The van der Waals surface area contributed by atoms with Crippen molar-refractivity contribution < 1.29 is 0 Å². The van der Waals surface area contributed by atoms with Crippen molar-refractivity contribution in [3.63, 3.8) is 0 Å². The average Bonchev–Trinajstić information content (AvgIpc) is 2.36. The molecule has 0 N–H and O–H groups in total. The standard InChI is InChI=1S/C6H11N3S/c1-5(9(2)3)6-8-7-4-10-6/h4-5H,1-3H3. The van der Waals surface area contributed by atoms with Gasteiger partial charge in [0.1, 0.15) is 10.5 Å². The van der Waals surface area contributed by atoms with Gasteiger partial charge in [-0.3, -0.25) is 0 Å². The van der Waals surface area contributed by atoms with Gasteiger partial charge in [0, 0.05) is 0 Å². The van der Waals surface area contributed by atoms with E-state index < -0.39 is 0 Å². The van der Waals surface area contributed by atoms with Gasteiger partial charge in [-0.15, -0.1) is 21.5 Å². The van der Waals surface area contributed by atoms with Gasteiger partial charge in [-0.2, -0.15) is 0 Å². The number of hydrogen-bond donors (Lipinski definition) is 0. The van der Waals surface area contributed by atoms with Gasteiger partial charge in [0.2, 0.25) is 0 Å². The SMILES string of the molecule is CC(c1nncs1)N(C)C. The highest BCUT2D eigenvalue weighted by molar-refractivity contribution is 7.09. The third-order valence-corrected chi connectivity index (χ3v) is 2.37. The second kappa shape index (κ2) is 3.07. The molecule has 0 aliphatic rings. The lowest BCUT2D eigenvalue weighted by atomic mass is 10.3. The average molecular weight is 157 g/mol. The largest absolute Gasteiger partial charge is 0.300 e. The molecule has 0 aromatic carbocycles. The van der Waals surface area contributed by atoms with Gasteiger partial charge in [-0.1, -0.05) is 0 Å². The van der Waals surface area contributed by atoms with Crippen LogP contribution in [0.5, 0.6) is 0 Å². The molecule has 1 atom stereocenters. The fraction of sp³-hybridized carbons (Fsp3) is 0.667. The molecule has 0 aliphatic carbocycles. The third-order valence-electron chi connectivity index (χ3n) is 1.51. The van der Waals surface area contributed by atoms with Crippen LogP contribution in [0.2, 0.25) is 0 Å². The molecule has 3 nitrogen and oxygen atoms in total. The highest BCUT2D eigenvalue weighted by atomic mass is 32.1. The number of rotatable bonds is 2. The summed E-state index contributed by atoms with van der Waals surface area (Å²) in [7, 11) is 4.07. The summed E-state index contributed by atoms with van der Waals surface area (Å²) < 4.78 is 0. The van der Waals surface area contributed by atoms with Gasteiger partial charge in [0.05, 0.1) is 6.04 Å². The Morgan fingerprint density at radius 1 is 1.60 bits per heavy atom. The maximum Gasteiger partial charge on any atom is 0.134 e. The van der Waals surface area contributed by atoms with E-state index in [9.17, 15) is 0 Å². The fourth-order valence-electron chi connectivity index (χ4n) is 0.585. The smallest absolute Gasteiger partial charge is 0.134 e. The van der Waals surface area contributed by atoms with Crippen LogP contribution in [0.4, 0.5) is 0 Å². The van der Waals surface area contributed by atoms with E-state index in [0.717, 1.165) is 5.01 Å². The van der Waals surface area contributed by atoms with Crippen molar-refractivity contribution >= 4 is 11.3 Å². The van der Waals surface area contributed by atoms with E-state index in [4.69, 9.17) is 0 Å². The molecular weight excluding hydrogens is 146 g/mol. The molecule has 0 amide bonds. The molecule has 1 heterocycles. The first-order chi connectivity index (χ1) is 4.72. The van der Waals surface area contributed by atoms with Gasteiger partial charge < -0.3 is 4.90 Å². The first-order valence-electron chi connectivity index (χ1n) is 3.14. The van der Waals surface area contributed by atoms with E-state index in [0.29, 0.717) is 6.04 Å². The predicted octanol–water partition coefficient (Wildman–Crippen LogP) is 1.16. The molecule has 0 saturated heterocycles. The molecule has 1 rings (SSSR count). The van der Waals surface area contributed by atoms with Crippen molar-refractivity contribution in [2.45, 2.75) is 13.0 Å². The summed E-state index contributed by atoms with van der Waals surface area (Å²) in [5.41, 5.74) is 1.76. The minimum Gasteiger partial charge on any atom is -0.300 e. The normalized spacial score (nSPS) is 14.0. The lowest BCUT2D eigenvalue weighted by Crippen LogP contribution is -2.16. The topological polar surface area (TPSA) is 29.0 Å². The van der Waals surface area contributed by atoms with Gasteiger partial charge in [-0.25, -0.2) is 0 Å². The van der Waals surface area contributed by atoms with Crippen LogP contribution in [-0.2, 0) is 0 Å². The van der Waals surface area contributed by atoms with Crippen molar-refractivity contribution in [3.8, 4) is 0 Å². The Morgan fingerprint density at radius 3 is 2.70 bits per heavy atom. The second-order valence-corrected chi connectivity index (χ2v) is 3.28. The van der Waals surface area contributed by atoms with Gasteiger partial charge >= 0.3 is 0 Å². The minimum atomic E-state index is 0.382. The maximum atomic E-state index is 3.96. The van der Waals surface area contributed by atoms with Crippen LogP contribution in [-0.4, -0.2) is 29.2 Å². The van der Waals surface area contributed by atoms with Gasteiger partial charge in [0.25, 0.3) is 0 Å². The van der Waals surface area contributed by atoms with E-state index in [2.05, 4.69) is 22.0 Å². The van der Waals surface area contributed by atoms with Crippen LogP contribution in [0.3, 0.4) is 0 Å². The summed E-state index contributed by atoms with van der Waals surface area (Å²) in [6.07, 6.45) is 0. The Kier molecular flexibility index (Phi) is 2.34. The monoisotopic (exact) mass is 157 g/mol. The van der Waals surface area contributed by atoms with Gasteiger partial charge in [0.15, 0.2) is 0 Å². The molecule has 0 saturated carbocycles. The van der Waals surface area contributed by atoms with Crippen LogP contribution >= 0.6 is 11.3 Å². The Balaban J connectivity index is 2.68. The molecule has 0 aliphatic heterocycles. The Labute approximate surface area is 64.7 Å². The van der Waals surface area contributed by atoms with Crippen molar-refractivity contribution in [2.24, 2.45) is 0 Å². The highest BCUT2D eigenvalue weighted by Crippen LogP contribution is 2.17. The van der Waals surface area contributed by atoms with Crippen molar-refractivity contribution in [1.82, 2.24) is 15.1 Å². The molecule has 0 fully saturated rings. The summed E-state index contributed by atoms with van der Waals surface area (Å²) in [4.78, 5) is 2.11. The summed E-state index contributed by atoms with van der Waals surface area (Å²) in [5, 5.41) is 8.81. The summed E-state index contributed by atoms with van der Waals surface area (Å²) in [6.45, 7) is 2.11. The minimum absolute atomic E-state index is 0.382. The van der Waals surface area contributed by atoms with Gasteiger partial charge in [-0.05, 0) is 21.0 Å². The first kappa shape index (κ1) is 7.63. The molecule has 1 aromatic heterocycles. The second-order valence-electron chi connectivity index (χ2n) is 2.42. The van der Waals surface area contributed by atoms with E-state index >= 15 is 0 Å². The zero-order valence-electron chi connectivity index (χ0n) is 6.40. The molecule has 56 valence electrons. The number of nitrogens with zero attached hydrogens (tertiary/aromatic N) is 3. The molecule has 4 heteroatoms. The molecule has 1 aromatic rings. The Bertz CT molecular complexity index is 183. The molecular formula is C6H11N3S. The Morgan fingerprint density at radius 2 is 2.30 bits per heavy atom. The summed E-state index contributed by atoms with van der Waals surface area (Å²) >= 11 is 1.60. The molecule has 1 unspecified atom stereocenters. The molecule has 0 radical (unpaired) electrons. The van der Waals surface area contributed by atoms with Crippen molar-refractivity contribution in [2.75, 3.05) is 14.1 Å². The third kappa shape index (κ3) is 1.52. The zero-order valence-corrected chi connectivity index (χ0v) is 7.22.